The average Bonchev–Trinajstić information content (AvgIpc) is 2.75. The molecule has 2 rings (SSSR count). The van der Waals surface area contributed by atoms with Crippen molar-refractivity contribution in [2.45, 2.75) is 32.8 Å². The molecule has 0 aliphatic carbocycles. The first-order chi connectivity index (χ1) is 7.66. The summed E-state index contributed by atoms with van der Waals surface area (Å²) in [5, 5.41) is 3.45. The summed E-state index contributed by atoms with van der Waals surface area (Å²) in [6, 6.07) is 4.35. The van der Waals surface area contributed by atoms with Gasteiger partial charge < -0.3 is 10.1 Å². The summed E-state index contributed by atoms with van der Waals surface area (Å²) in [7, 11) is 0. The Morgan fingerprint density at radius 1 is 1.38 bits per heavy atom. The lowest BCUT2D eigenvalue weighted by Gasteiger charge is -2.14. The first-order valence-corrected chi connectivity index (χ1v) is 6.58. The molecule has 88 valence electrons. The summed E-state index contributed by atoms with van der Waals surface area (Å²) in [5.41, 5.74) is 3.73. The van der Waals surface area contributed by atoms with Crippen molar-refractivity contribution in [1.82, 2.24) is 0 Å². The minimum atomic E-state index is 0.393. The van der Waals surface area contributed by atoms with Crippen LogP contribution in [0, 0.1) is 13.8 Å². The maximum absolute atomic E-state index is 5.59. The van der Waals surface area contributed by atoms with E-state index in [0.29, 0.717) is 6.10 Å². The largest absolute Gasteiger partial charge is 0.382 e. The van der Waals surface area contributed by atoms with Gasteiger partial charge in [0, 0.05) is 23.3 Å². The van der Waals surface area contributed by atoms with Crippen LogP contribution in [0.25, 0.3) is 0 Å². The predicted molar refractivity (Wildman–Crippen MR) is 71.1 cm³/mol. The van der Waals surface area contributed by atoms with Crippen molar-refractivity contribution in [2.75, 3.05) is 18.5 Å². The highest BCUT2D eigenvalue weighted by Gasteiger charge is 2.14. The average molecular weight is 284 g/mol. The first-order valence-electron chi connectivity index (χ1n) is 5.79. The molecule has 1 aromatic carbocycles. The molecule has 1 aliphatic rings. The van der Waals surface area contributed by atoms with Gasteiger partial charge in [-0.3, -0.25) is 0 Å². The zero-order chi connectivity index (χ0) is 11.5. The number of rotatable bonds is 3. The van der Waals surface area contributed by atoms with Crippen LogP contribution >= 0.6 is 15.9 Å². The van der Waals surface area contributed by atoms with Gasteiger partial charge in [0.15, 0.2) is 0 Å². The van der Waals surface area contributed by atoms with Crippen LogP contribution in [0.3, 0.4) is 0 Å². The maximum Gasteiger partial charge on any atom is 0.0748 e. The van der Waals surface area contributed by atoms with Crippen LogP contribution in [-0.2, 0) is 4.74 Å². The monoisotopic (exact) mass is 283 g/mol. The van der Waals surface area contributed by atoms with E-state index in [-0.39, 0.29) is 0 Å². The number of nitrogens with one attached hydrogen (secondary N) is 1. The van der Waals surface area contributed by atoms with E-state index >= 15 is 0 Å². The summed E-state index contributed by atoms with van der Waals surface area (Å²) in [6.07, 6.45) is 2.77. The van der Waals surface area contributed by atoms with E-state index in [1.54, 1.807) is 0 Å². The highest BCUT2D eigenvalue weighted by molar-refractivity contribution is 9.10. The summed E-state index contributed by atoms with van der Waals surface area (Å²) >= 11 is 3.58. The van der Waals surface area contributed by atoms with Gasteiger partial charge in [0.2, 0.25) is 0 Å². The second kappa shape index (κ2) is 5.19. The van der Waals surface area contributed by atoms with Gasteiger partial charge in [-0.15, -0.1) is 0 Å². The Kier molecular flexibility index (Phi) is 3.87. The third kappa shape index (κ3) is 2.77. The fourth-order valence-corrected chi connectivity index (χ4v) is 2.31. The molecular formula is C13H18BrNO. The van der Waals surface area contributed by atoms with Crippen LogP contribution in [-0.4, -0.2) is 19.3 Å². The Balaban J connectivity index is 1.98. The van der Waals surface area contributed by atoms with Crippen LogP contribution in [0.15, 0.2) is 16.6 Å². The van der Waals surface area contributed by atoms with Crippen LogP contribution in [0.1, 0.15) is 24.0 Å². The van der Waals surface area contributed by atoms with Gasteiger partial charge in [0.05, 0.1) is 6.10 Å². The van der Waals surface area contributed by atoms with E-state index in [0.717, 1.165) is 13.2 Å². The molecule has 0 bridgehead atoms. The summed E-state index contributed by atoms with van der Waals surface area (Å²) in [5.74, 6) is 0. The number of hydrogen-bond acceptors (Lipinski definition) is 2. The Hall–Kier alpha value is -0.540. The Labute approximate surface area is 106 Å². The molecule has 0 aromatic heterocycles. The fourth-order valence-electron chi connectivity index (χ4n) is 2.08. The van der Waals surface area contributed by atoms with Crippen LogP contribution in [0.5, 0.6) is 0 Å². The number of halogens is 1. The van der Waals surface area contributed by atoms with E-state index < -0.39 is 0 Å². The van der Waals surface area contributed by atoms with Gasteiger partial charge in [0.1, 0.15) is 0 Å². The van der Waals surface area contributed by atoms with Gasteiger partial charge in [0.25, 0.3) is 0 Å². The molecule has 1 aromatic rings. The molecule has 1 aliphatic heterocycles. The molecule has 3 heteroatoms. The van der Waals surface area contributed by atoms with E-state index in [4.69, 9.17) is 4.74 Å². The third-order valence-corrected chi connectivity index (χ3v) is 4.25. The van der Waals surface area contributed by atoms with E-state index in [9.17, 15) is 0 Å². The van der Waals surface area contributed by atoms with Crippen LogP contribution in [0.4, 0.5) is 5.69 Å². The van der Waals surface area contributed by atoms with Gasteiger partial charge >= 0.3 is 0 Å². The number of hydrogen-bond donors (Lipinski definition) is 1. The molecule has 1 N–H and O–H groups in total. The standard InChI is InChI=1S/C13H18BrNO/c1-9-6-11(7-10(2)13(9)14)15-8-12-4-3-5-16-12/h6-7,12,15H,3-5,8H2,1-2H3. The Morgan fingerprint density at radius 2 is 2.06 bits per heavy atom. The predicted octanol–water partition coefficient (Wildman–Crippen LogP) is 3.66. The maximum atomic E-state index is 5.59. The smallest absolute Gasteiger partial charge is 0.0748 e. The second-order valence-corrected chi connectivity index (χ2v) is 5.23. The van der Waals surface area contributed by atoms with Crippen molar-refractivity contribution in [3.05, 3.63) is 27.7 Å². The fraction of sp³-hybridized carbons (Fsp3) is 0.538. The van der Waals surface area contributed by atoms with E-state index in [2.05, 4.69) is 47.2 Å². The van der Waals surface area contributed by atoms with E-state index in [1.807, 2.05) is 0 Å². The third-order valence-electron chi connectivity index (χ3n) is 2.99. The van der Waals surface area contributed by atoms with Gasteiger partial charge in [-0.05, 0) is 49.9 Å². The van der Waals surface area contributed by atoms with Gasteiger partial charge in [-0.25, -0.2) is 0 Å². The normalized spacial score (nSPS) is 20.1. The van der Waals surface area contributed by atoms with Crippen LogP contribution in [0.2, 0.25) is 0 Å². The van der Waals surface area contributed by atoms with E-state index in [1.165, 1.54) is 34.1 Å². The van der Waals surface area contributed by atoms with Gasteiger partial charge in [-0.2, -0.15) is 0 Å². The molecule has 0 saturated carbocycles. The zero-order valence-electron chi connectivity index (χ0n) is 9.85. The molecule has 1 unspecified atom stereocenters. The van der Waals surface area contributed by atoms with Crippen molar-refractivity contribution in [1.29, 1.82) is 0 Å². The molecule has 0 radical (unpaired) electrons. The van der Waals surface area contributed by atoms with Crippen molar-refractivity contribution >= 4 is 21.6 Å². The molecule has 16 heavy (non-hydrogen) atoms. The number of anilines is 1. The molecular weight excluding hydrogens is 266 g/mol. The molecule has 1 fully saturated rings. The number of aryl methyl sites for hydroxylation is 2. The molecule has 1 heterocycles. The molecule has 1 saturated heterocycles. The zero-order valence-corrected chi connectivity index (χ0v) is 11.4. The lowest BCUT2D eigenvalue weighted by molar-refractivity contribution is 0.120. The molecule has 1 atom stereocenters. The Bertz CT molecular complexity index is 349. The summed E-state index contributed by atoms with van der Waals surface area (Å²) < 4.78 is 6.79. The highest BCUT2D eigenvalue weighted by atomic mass is 79.9. The van der Waals surface area contributed by atoms with Crippen molar-refractivity contribution < 1.29 is 4.74 Å². The van der Waals surface area contributed by atoms with Crippen molar-refractivity contribution in [3.8, 4) is 0 Å². The SMILES string of the molecule is Cc1cc(NCC2CCCO2)cc(C)c1Br. The molecule has 0 amide bonds. The van der Waals surface area contributed by atoms with Crippen molar-refractivity contribution in [3.63, 3.8) is 0 Å². The minimum absolute atomic E-state index is 0.393. The molecule has 2 nitrogen and oxygen atoms in total. The lowest BCUT2D eigenvalue weighted by atomic mass is 10.1. The summed E-state index contributed by atoms with van der Waals surface area (Å²) in [6.45, 7) is 6.08. The highest BCUT2D eigenvalue weighted by Crippen LogP contribution is 2.25. The topological polar surface area (TPSA) is 21.3 Å². The quantitative estimate of drug-likeness (QED) is 0.914. The Morgan fingerprint density at radius 3 is 2.62 bits per heavy atom. The minimum Gasteiger partial charge on any atom is -0.382 e. The molecule has 0 spiro atoms. The number of benzene rings is 1. The lowest BCUT2D eigenvalue weighted by Crippen LogP contribution is -2.18. The number of ether oxygens (including phenoxy) is 1. The van der Waals surface area contributed by atoms with Crippen molar-refractivity contribution in [2.24, 2.45) is 0 Å². The second-order valence-electron chi connectivity index (χ2n) is 4.44. The van der Waals surface area contributed by atoms with Crippen LogP contribution < -0.4 is 5.32 Å². The first kappa shape index (κ1) is 11.9. The summed E-state index contributed by atoms with van der Waals surface area (Å²) in [4.78, 5) is 0. The van der Waals surface area contributed by atoms with Gasteiger partial charge in [-0.1, -0.05) is 15.9 Å².